The summed E-state index contributed by atoms with van der Waals surface area (Å²) in [5, 5.41) is 11.2. The van der Waals surface area contributed by atoms with Gasteiger partial charge in [-0.05, 0) is 26.1 Å². The molecule has 0 heterocycles. The third-order valence-corrected chi connectivity index (χ3v) is 2.92. The van der Waals surface area contributed by atoms with E-state index in [2.05, 4.69) is 5.32 Å². The molecule has 112 valence electrons. The Morgan fingerprint density at radius 2 is 2.00 bits per heavy atom. The molecule has 1 amide bonds. The second-order valence-electron chi connectivity index (χ2n) is 4.54. The van der Waals surface area contributed by atoms with Gasteiger partial charge in [0, 0.05) is 6.04 Å². The summed E-state index contributed by atoms with van der Waals surface area (Å²) in [6.07, 6.45) is -4.52. The van der Waals surface area contributed by atoms with Crippen LogP contribution in [-0.2, 0) is 11.0 Å². The third-order valence-electron chi connectivity index (χ3n) is 2.92. The van der Waals surface area contributed by atoms with E-state index in [0.717, 1.165) is 6.07 Å². The lowest BCUT2D eigenvalue weighted by atomic mass is 10.1. The normalized spacial score (nSPS) is 13.3. The quantitative estimate of drug-likeness (QED) is 0.871. The fourth-order valence-corrected chi connectivity index (χ4v) is 1.55. The van der Waals surface area contributed by atoms with Crippen molar-refractivity contribution in [2.45, 2.75) is 19.1 Å². The van der Waals surface area contributed by atoms with Crippen molar-refractivity contribution in [3.63, 3.8) is 0 Å². The molecule has 1 aromatic rings. The van der Waals surface area contributed by atoms with Crippen molar-refractivity contribution in [2.24, 2.45) is 0 Å². The Kier molecular flexibility index (Phi) is 5.52. The summed E-state index contributed by atoms with van der Waals surface area (Å²) in [7, 11) is 1.61. The number of aliphatic hydroxyl groups excluding tert-OH is 1. The first kappa shape index (κ1) is 16.5. The Morgan fingerprint density at radius 1 is 1.40 bits per heavy atom. The van der Waals surface area contributed by atoms with E-state index in [9.17, 15) is 18.0 Å². The SMILES string of the molecule is CC(CO)N(C)CC(=O)Nc1ccccc1C(F)(F)F. The molecular formula is C13H17F3N2O2. The van der Waals surface area contributed by atoms with Gasteiger partial charge >= 0.3 is 6.18 Å². The van der Waals surface area contributed by atoms with Crippen molar-refractivity contribution in [3.05, 3.63) is 29.8 Å². The number of nitrogens with one attached hydrogen (secondary N) is 1. The fraction of sp³-hybridized carbons (Fsp3) is 0.462. The van der Waals surface area contributed by atoms with E-state index in [1.165, 1.54) is 18.2 Å². The summed E-state index contributed by atoms with van der Waals surface area (Å²) >= 11 is 0. The number of nitrogens with zero attached hydrogens (tertiary/aromatic N) is 1. The van der Waals surface area contributed by atoms with Crippen LogP contribution in [0.2, 0.25) is 0 Å². The number of benzene rings is 1. The molecular weight excluding hydrogens is 273 g/mol. The topological polar surface area (TPSA) is 52.6 Å². The standard InChI is InChI=1S/C13H17F3N2O2/c1-9(8-19)18(2)7-12(20)17-11-6-4-3-5-10(11)13(14,15)16/h3-6,9,19H,7-8H2,1-2H3,(H,17,20). The Labute approximate surface area is 115 Å². The zero-order valence-corrected chi connectivity index (χ0v) is 11.2. The van der Waals surface area contributed by atoms with Gasteiger partial charge in [-0.3, -0.25) is 9.69 Å². The lowest BCUT2D eigenvalue weighted by molar-refractivity contribution is -0.137. The Bertz CT molecular complexity index is 463. The molecule has 0 saturated carbocycles. The highest BCUT2D eigenvalue weighted by molar-refractivity contribution is 5.93. The summed E-state index contributed by atoms with van der Waals surface area (Å²) in [5.74, 6) is -0.565. The van der Waals surface area contributed by atoms with Crippen LogP contribution in [0.1, 0.15) is 12.5 Å². The number of alkyl halides is 3. The van der Waals surface area contributed by atoms with Crippen molar-refractivity contribution in [2.75, 3.05) is 25.5 Å². The average Bonchev–Trinajstić information content (AvgIpc) is 2.36. The van der Waals surface area contributed by atoms with Crippen LogP contribution in [0.3, 0.4) is 0 Å². The van der Waals surface area contributed by atoms with Crippen LogP contribution in [0.25, 0.3) is 0 Å². The van der Waals surface area contributed by atoms with E-state index in [4.69, 9.17) is 5.11 Å². The molecule has 0 fully saturated rings. The molecule has 1 unspecified atom stereocenters. The van der Waals surface area contributed by atoms with Gasteiger partial charge in [-0.15, -0.1) is 0 Å². The van der Waals surface area contributed by atoms with Crippen molar-refractivity contribution in [3.8, 4) is 0 Å². The molecule has 7 heteroatoms. The molecule has 1 atom stereocenters. The van der Waals surface area contributed by atoms with Gasteiger partial charge in [0.05, 0.1) is 24.4 Å². The number of aliphatic hydroxyl groups is 1. The Hall–Kier alpha value is -1.60. The van der Waals surface area contributed by atoms with E-state index in [1.807, 2.05) is 0 Å². The van der Waals surface area contributed by atoms with Crippen LogP contribution >= 0.6 is 0 Å². The molecule has 0 aliphatic rings. The number of carbonyl (C=O) groups excluding carboxylic acids is 1. The molecule has 0 saturated heterocycles. The first-order valence-corrected chi connectivity index (χ1v) is 6.03. The largest absolute Gasteiger partial charge is 0.418 e. The van der Waals surface area contributed by atoms with Crippen LogP contribution in [0, 0.1) is 0 Å². The van der Waals surface area contributed by atoms with Gasteiger partial charge in [-0.1, -0.05) is 12.1 Å². The predicted molar refractivity (Wildman–Crippen MR) is 69.3 cm³/mol. The number of para-hydroxylation sites is 1. The maximum Gasteiger partial charge on any atom is 0.418 e. The van der Waals surface area contributed by atoms with Crippen molar-refractivity contribution < 1.29 is 23.1 Å². The molecule has 1 rings (SSSR count). The van der Waals surface area contributed by atoms with Gasteiger partial charge in [-0.25, -0.2) is 0 Å². The molecule has 0 aromatic heterocycles. The smallest absolute Gasteiger partial charge is 0.395 e. The molecule has 0 aliphatic heterocycles. The summed E-state index contributed by atoms with van der Waals surface area (Å²) in [6.45, 7) is 1.47. The lowest BCUT2D eigenvalue weighted by Gasteiger charge is -2.22. The number of amides is 1. The predicted octanol–water partition coefficient (Wildman–Crippen LogP) is 1.96. The molecule has 0 spiro atoms. The maximum absolute atomic E-state index is 12.7. The van der Waals surface area contributed by atoms with Crippen LogP contribution in [0.4, 0.5) is 18.9 Å². The second kappa shape index (κ2) is 6.71. The highest BCUT2D eigenvalue weighted by atomic mass is 19.4. The minimum atomic E-state index is -4.52. The van der Waals surface area contributed by atoms with Gasteiger partial charge < -0.3 is 10.4 Å². The lowest BCUT2D eigenvalue weighted by Crippen LogP contribution is -2.38. The second-order valence-corrected chi connectivity index (χ2v) is 4.54. The van der Waals surface area contributed by atoms with Gasteiger partial charge in [-0.2, -0.15) is 13.2 Å². The van der Waals surface area contributed by atoms with E-state index in [0.29, 0.717) is 0 Å². The van der Waals surface area contributed by atoms with Crippen LogP contribution < -0.4 is 5.32 Å². The van der Waals surface area contributed by atoms with E-state index >= 15 is 0 Å². The Balaban J connectivity index is 2.77. The van der Waals surface area contributed by atoms with Gasteiger partial charge in [0.1, 0.15) is 0 Å². The fourth-order valence-electron chi connectivity index (χ4n) is 1.55. The highest BCUT2D eigenvalue weighted by Gasteiger charge is 2.33. The minimum Gasteiger partial charge on any atom is -0.395 e. The molecule has 1 aromatic carbocycles. The van der Waals surface area contributed by atoms with Crippen molar-refractivity contribution >= 4 is 11.6 Å². The van der Waals surface area contributed by atoms with Gasteiger partial charge in [0.25, 0.3) is 0 Å². The highest BCUT2D eigenvalue weighted by Crippen LogP contribution is 2.34. The molecule has 0 bridgehead atoms. The van der Waals surface area contributed by atoms with E-state index < -0.39 is 17.6 Å². The number of anilines is 1. The van der Waals surface area contributed by atoms with Gasteiger partial charge in [0.2, 0.25) is 5.91 Å². The molecule has 2 N–H and O–H groups in total. The van der Waals surface area contributed by atoms with Crippen molar-refractivity contribution in [1.82, 2.24) is 4.90 Å². The first-order valence-electron chi connectivity index (χ1n) is 6.03. The third kappa shape index (κ3) is 4.50. The molecule has 4 nitrogen and oxygen atoms in total. The maximum atomic E-state index is 12.7. The number of carbonyl (C=O) groups is 1. The van der Waals surface area contributed by atoms with Gasteiger partial charge in [0.15, 0.2) is 0 Å². The molecule has 0 radical (unpaired) electrons. The summed E-state index contributed by atoms with van der Waals surface area (Å²) < 4.78 is 38.2. The Morgan fingerprint density at radius 3 is 2.55 bits per heavy atom. The molecule has 20 heavy (non-hydrogen) atoms. The monoisotopic (exact) mass is 290 g/mol. The zero-order chi connectivity index (χ0) is 15.3. The van der Waals surface area contributed by atoms with E-state index in [1.54, 1.807) is 18.9 Å². The van der Waals surface area contributed by atoms with Crippen LogP contribution in [0.5, 0.6) is 0 Å². The first-order chi connectivity index (χ1) is 9.25. The number of hydrogen-bond donors (Lipinski definition) is 2. The summed E-state index contributed by atoms with van der Waals surface area (Å²) in [5.41, 5.74) is -1.15. The molecule has 0 aliphatic carbocycles. The van der Waals surface area contributed by atoms with E-state index in [-0.39, 0.29) is 24.9 Å². The number of hydrogen-bond acceptors (Lipinski definition) is 3. The van der Waals surface area contributed by atoms with Crippen molar-refractivity contribution in [1.29, 1.82) is 0 Å². The van der Waals surface area contributed by atoms with Crippen LogP contribution in [0.15, 0.2) is 24.3 Å². The number of halogens is 3. The minimum absolute atomic E-state index is 0.103. The van der Waals surface area contributed by atoms with Crippen LogP contribution in [-0.4, -0.2) is 42.2 Å². The number of rotatable bonds is 5. The number of likely N-dealkylation sites (N-methyl/N-ethyl adjacent to an activating group) is 1. The summed E-state index contributed by atoms with van der Waals surface area (Å²) in [4.78, 5) is 13.3. The summed E-state index contributed by atoms with van der Waals surface area (Å²) in [6, 6.07) is 4.55. The zero-order valence-electron chi connectivity index (χ0n) is 11.2. The average molecular weight is 290 g/mol.